The summed E-state index contributed by atoms with van der Waals surface area (Å²) < 4.78 is 43.9. The summed E-state index contributed by atoms with van der Waals surface area (Å²) in [6.07, 6.45) is -3.48. The highest BCUT2D eigenvalue weighted by atomic mass is 79.9. The minimum atomic E-state index is -4.44. The molecule has 0 aliphatic rings. The molecule has 0 spiro atoms. The Morgan fingerprint density at radius 2 is 2.05 bits per heavy atom. The fourth-order valence-corrected chi connectivity index (χ4v) is 2.16. The van der Waals surface area contributed by atoms with Crippen LogP contribution in [0, 0.1) is 0 Å². The van der Waals surface area contributed by atoms with Gasteiger partial charge in [0.05, 0.1) is 12.1 Å². The molecule has 2 rings (SSSR count). The van der Waals surface area contributed by atoms with Crippen molar-refractivity contribution in [2.75, 3.05) is 6.54 Å². The Morgan fingerprint density at radius 1 is 1.29 bits per heavy atom. The number of rotatable bonds is 5. The van der Waals surface area contributed by atoms with Gasteiger partial charge in [0.2, 0.25) is 11.8 Å². The molecule has 0 aliphatic heterocycles. The number of nitrogens with one attached hydrogen (secondary N) is 1. The van der Waals surface area contributed by atoms with Crippen LogP contribution in [0.5, 0.6) is 0 Å². The van der Waals surface area contributed by atoms with Crippen molar-refractivity contribution in [3.8, 4) is 11.5 Å². The third kappa shape index (κ3) is 4.04. The number of aromatic nitrogens is 2. The van der Waals surface area contributed by atoms with Crippen LogP contribution in [0.1, 0.15) is 24.8 Å². The molecule has 0 unspecified atom stereocenters. The van der Waals surface area contributed by atoms with E-state index in [1.165, 1.54) is 12.1 Å². The zero-order valence-electron chi connectivity index (χ0n) is 11.2. The molecule has 0 amide bonds. The number of hydrogen-bond acceptors (Lipinski definition) is 4. The van der Waals surface area contributed by atoms with E-state index in [0.717, 1.165) is 19.0 Å². The van der Waals surface area contributed by atoms with Gasteiger partial charge in [-0.05, 0) is 31.2 Å². The van der Waals surface area contributed by atoms with Gasteiger partial charge in [-0.3, -0.25) is 0 Å². The summed E-state index contributed by atoms with van der Waals surface area (Å²) in [6.45, 7) is 3.21. The lowest BCUT2D eigenvalue weighted by molar-refractivity contribution is -0.138. The van der Waals surface area contributed by atoms with Crippen LogP contribution in [0.15, 0.2) is 27.1 Å². The largest absolute Gasteiger partial charge is 0.419 e. The number of nitrogens with zero attached hydrogens (tertiary/aromatic N) is 2. The van der Waals surface area contributed by atoms with Gasteiger partial charge in [0.25, 0.3) is 0 Å². The number of hydrogen-bond donors (Lipinski definition) is 1. The van der Waals surface area contributed by atoms with Crippen molar-refractivity contribution in [3.63, 3.8) is 0 Å². The Kier molecular flexibility index (Phi) is 5.00. The maximum atomic E-state index is 12.8. The SMILES string of the molecule is CCCNCc1nnc(-c2ccc(Br)c(C(F)(F)F)c2)o1. The highest BCUT2D eigenvalue weighted by Gasteiger charge is 2.33. The number of halogens is 4. The third-order valence-electron chi connectivity index (χ3n) is 2.69. The van der Waals surface area contributed by atoms with Gasteiger partial charge in [-0.2, -0.15) is 13.2 Å². The van der Waals surface area contributed by atoms with E-state index in [1.54, 1.807) is 0 Å². The van der Waals surface area contributed by atoms with Gasteiger partial charge in [-0.1, -0.05) is 22.9 Å². The van der Waals surface area contributed by atoms with Crippen LogP contribution in [0.3, 0.4) is 0 Å². The van der Waals surface area contributed by atoms with E-state index in [4.69, 9.17) is 4.42 Å². The van der Waals surface area contributed by atoms with Crippen LogP contribution < -0.4 is 5.32 Å². The first-order valence-electron chi connectivity index (χ1n) is 6.32. The lowest BCUT2D eigenvalue weighted by atomic mass is 10.1. The summed E-state index contributed by atoms with van der Waals surface area (Å²) in [5.41, 5.74) is -0.538. The molecule has 0 atom stereocenters. The predicted molar refractivity (Wildman–Crippen MR) is 74.4 cm³/mol. The molecule has 0 fully saturated rings. The van der Waals surface area contributed by atoms with Gasteiger partial charge in [0, 0.05) is 10.0 Å². The second-order valence-corrected chi connectivity index (χ2v) is 5.22. The summed E-state index contributed by atoms with van der Waals surface area (Å²) in [4.78, 5) is 0. The minimum Gasteiger partial charge on any atom is -0.419 e. The molecule has 1 heterocycles. The van der Waals surface area contributed by atoms with Gasteiger partial charge in [0.1, 0.15) is 0 Å². The predicted octanol–water partition coefficient (Wildman–Crippen LogP) is 4.02. The van der Waals surface area contributed by atoms with Crippen molar-refractivity contribution in [1.29, 1.82) is 0 Å². The van der Waals surface area contributed by atoms with E-state index in [0.29, 0.717) is 12.4 Å². The summed E-state index contributed by atoms with van der Waals surface area (Å²) >= 11 is 2.89. The first-order chi connectivity index (χ1) is 9.91. The minimum absolute atomic E-state index is 0.0249. The number of benzene rings is 1. The summed E-state index contributed by atoms with van der Waals surface area (Å²) in [7, 11) is 0. The molecule has 1 aromatic carbocycles. The quantitative estimate of drug-likeness (QED) is 0.815. The molecule has 1 aromatic heterocycles. The van der Waals surface area contributed by atoms with E-state index < -0.39 is 11.7 Å². The second kappa shape index (κ2) is 6.57. The monoisotopic (exact) mass is 363 g/mol. The van der Waals surface area contributed by atoms with Crippen molar-refractivity contribution in [1.82, 2.24) is 15.5 Å². The van der Waals surface area contributed by atoms with Crippen molar-refractivity contribution in [3.05, 3.63) is 34.1 Å². The Morgan fingerprint density at radius 3 is 2.71 bits per heavy atom. The van der Waals surface area contributed by atoms with E-state index in [1.807, 2.05) is 6.92 Å². The standard InChI is InChI=1S/C13H13BrF3N3O/c1-2-5-18-7-11-19-20-12(21-11)8-3-4-10(14)9(6-8)13(15,16)17/h3-4,6,18H,2,5,7H2,1H3. The highest BCUT2D eigenvalue weighted by molar-refractivity contribution is 9.10. The van der Waals surface area contributed by atoms with Crippen LogP contribution in [0.2, 0.25) is 0 Å². The van der Waals surface area contributed by atoms with E-state index in [9.17, 15) is 13.2 Å². The van der Waals surface area contributed by atoms with Gasteiger partial charge >= 0.3 is 6.18 Å². The van der Waals surface area contributed by atoms with Crippen molar-refractivity contribution in [2.45, 2.75) is 26.1 Å². The smallest absolute Gasteiger partial charge is 0.417 e. The zero-order valence-corrected chi connectivity index (χ0v) is 12.8. The molecule has 0 aliphatic carbocycles. The molecular weight excluding hydrogens is 351 g/mol. The lowest BCUT2D eigenvalue weighted by Crippen LogP contribution is -2.13. The van der Waals surface area contributed by atoms with Gasteiger partial charge < -0.3 is 9.73 Å². The molecule has 0 saturated carbocycles. The first-order valence-corrected chi connectivity index (χ1v) is 7.11. The van der Waals surface area contributed by atoms with Crippen LogP contribution in [0.4, 0.5) is 13.2 Å². The van der Waals surface area contributed by atoms with E-state index >= 15 is 0 Å². The Hall–Kier alpha value is -1.41. The fourth-order valence-electron chi connectivity index (χ4n) is 1.69. The lowest BCUT2D eigenvalue weighted by Gasteiger charge is -2.09. The van der Waals surface area contributed by atoms with Crippen LogP contribution >= 0.6 is 15.9 Å². The molecular formula is C13H13BrF3N3O. The topological polar surface area (TPSA) is 51.0 Å². The van der Waals surface area contributed by atoms with Crippen molar-refractivity contribution < 1.29 is 17.6 Å². The Bertz CT molecular complexity index is 613. The molecule has 4 nitrogen and oxygen atoms in total. The molecule has 0 saturated heterocycles. The first kappa shape index (κ1) is 16.0. The Balaban J connectivity index is 2.22. The van der Waals surface area contributed by atoms with Crippen molar-refractivity contribution in [2.24, 2.45) is 0 Å². The fraction of sp³-hybridized carbons (Fsp3) is 0.385. The molecule has 114 valence electrons. The average Bonchev–Trinajstić information content (AvgIpc) is 2.87. The summed E-state index contributed by atoms with van der Waals surface area (Å²) in [6, 6.07) is 3.80. The molecule has 0 bridgehead atoms. The van der Waals surface area contributed by atoms with Gasteiger partial charge in [0.15, 0.2) is 0 Å². The van der Waals surface area contributed by atoms with Gasteiger partial charge in [-0.15, -0.1) is 10.2 Å². The van der Waals surface area contributed by atoms with E-state index in [-0.39, 0.29) is 15.9 Å². The van der Waals surface area contributed by atoms with Crippen LogP contribution in [0.25, 0.3) is 11.5 Å². The second-order valence-electron chi connectivity index (χ2n) is 4.37. The van der Waals surface area contributed by atoms with Crippen molar-refractivity contribution >= 4 is 15.9 Å². The molecule has 8 heteroatoms. The highest BCUT2D eigenvalue weighted by Crippen LogP contribution is 2.37. The molecule has 0 radical (unpaired) electrons. The average molecular weight is 364 g/mol. The molecule has 2 aromatic rings. The normalized spacial score (nSPS) is 11.9. The summed E-state index contributed by atoms with van der Waals surface area (Å²) in [5.74, 6) is 0.413. The van der Waals surface area contributed by atoms with Gasteiger partial charge in [-0.25, -0.2) is 0 Å². The Labute approximate surface area is 127 Å². The molecule has 1 N–H and O–H groups in total. The maximum absolute atomic E-state index is 12.8. The summed E-state index contributed by atoms with van der Waals surface area (Å²) in [5, 5.41) is 10.7. The number of alkyl halides is 3. The van der Waals surface area contributed by atoms with E-state index in [2.05, 4.69) is 31.4 Å². The van der Waals surface area contributed by atoms with Crippen LogP contribution in [-0.4, -0.2) is 16.7 Å². The zero-order chi connectivity index (χ0) is 15.5. The maximum Gasteiger partial charge on any atom is 0.417 e. The third-order valence-corrected chi connectivity index (χ3v) is 3.38. The molecule has 21 heavy (non-hydrogen) atoms. The van der Waals surface area contributed by atoms with Crippen LogP contribution in [-0.2, 0) is 12.7 Å².